The number of nitrogens with one attached hydrogen (secondary N) is 1. The smallest absolute Gasteiger partial charge is 0.224 e. The standard InChI is InChI=1S/C11H9ClFN3/c1-7-3-2-4-8(13)10(7)15-9-5-6-14-11(12)16-9/h2-6H,1H3,(H,14,15,16). The Balaban J connectivity index is 2.34. The van der Waals surface area contributed by atoms with E-state index in [0.29, 0.717) is 11.5 Å². The van der Waals surface area contributed by atoms with Crippen molar-refractivity contribution in [3.8, 4) is 0 Å². The van der Waals surface area contributed by atoms with E-state index >= 15 is 0 Å². The summed E-state index contributed by atoms with van der Waals surface area (Å²) in [5, 5.41) is 2.99. The van der Waals surface area contributed by atoms with Gasteiger partial charge in [-0.1, -0.05) is 12.1 Å². The summed E-state index contributed by atoms with van der Waals surface area (Å²) in [5.74, 6) is 0.142. The number of aryl methyl sites for hydroxylation is 1. The van der Waals surface area contributed by atoms with E-state index in [2.05, 4.69) is 15.3 Å². The van der Waals surface area contributed by atoms with Crippen molar-refractivity contribution >= 4 is 23.1 Å². The van der Waals surface area contributed by atoms with Crippen LogP contribution in [0.3, 0.4) is 0 Å². The first kappa shape index (κ1) is 10.8. The fourth-order valence-electron chi connectivity index (χ4n) is 1.32. The molecule has 1 aromatic carbocycles. The molecule has 0 aliphatic heterocycles. The lowest BCUT2D eigenvalue weighted by Crippen LogP contribution is -1.99. The summed E-state index contributed by atoms with van der Waals surface area (Å²) in [6.07, 6.45) is 1.51. The zero-order valence-corrected chi connectivity index (χ0v) is 9.29. The van der Waals surface area contributed by atoms with Gasteiger partial charge in [0.2, 0.25) is 5.28 Å². The second-order valence-electron chi connectivity index (χ2n) is 3.27. The Hall–Kier alpha value is -1.68. The van der Waals surface area contributed by atoms with Crippen LogP contribution in [0.5, 0.6) is 0 Å². The van der Waals surface area contributed by atoms with E-state index in [-0.39, 0.29) is 11.1 Å². The molecule has 2 rings (SSSR count). The first-order chi connectivity index (χ1) is 7.66. The van der Waals surface area contributed by atoms with E-state index in [4.69, 9.17) is 11.6 Å². The van der Waals surface area contributed by atoms with Gasteiger partial charge < -0.3 is 5.32 Å². The van der Waals surface area contributed by atoms with E-state index in [1.807, 2.05) is 13.0 Å². The number of para-hydroxylation sites is 1. The predicted octanol–water partition coefficient (Wildman–Crippen LogP) is 3.32. The Kier molecular flexibility index (Phi) is 3.01. The fraction of sp³-hybridized carbons (Fsp3) is 0.0909. The Bertz CT molecular complexity index is 496. The van der Waals surface area contributed by atoms with Gasteiger partial charge in [-0.05, 0) is 36.2 Å². The largest absolute Gasteiger partial charge is 0.337 e. The number of halogens is 2. The summed E-state index contributed by atoms with van der Waals surface area (Å²) in [6.45, 7) is 1.81. The summed E-state index contributed by atoms with van der Waals surface area (Å²) >= 11 is 5.63. The third-order valence-corrected chi connectivity index (χ3v) is 2.28. The average Bonchev–Trinajstić information content (AvgIpc) is 2.24. The molecule has 0 radical (unpaired) electrons. The second-order valence-corrected chi connectivity index (χ2v) is 3.61. The number of aromatic nitrogens is 2. The molecule has 0 unspecified atom stereocenters. The highest BCUT2D eigenvalue weighted by atomic mass is 35.5. The minimum absolute atomic E-state index is 0.124. The van der Waals surface area contributed by atoms with Crippen LogP contribution in [0.2, 0.25) is 5.28 Å². The van der Waals surface area contributed by atoms with Crippen LogP contribution >= 0.6 is 11.6 Å². The van der Waals surface area contributed by atoms with Crippen LogP contribution in [0.25, 0.3) is 0 Å². The predicted molar refractivity (Wildman–Crippen MR) is 61.5 cm³/mol. The van der Waals surface area contributed by atoms with Crippen LogP contribution in [0.15, 0.2) is 30.5 Å². The zero-order valence-electron chi connectivity index (χ0n) is 8.54. The molecule has 0 atom stereocenters. The molecule has 0 fully saturated rings. The topological polar surface area (TPSA) is 37.8 Å². The second kappa shape index (κ2) is 4.45. The lowest BCUT2D eigenvalue weighted by molar-refractivity contribution is 0.631. The molecular formula is C11H9ClFN3. The van der Waals surface area contributed by atoms with Crippen molar-refractivity contribution in [1.29, 1.82) is 0 Å². The van der Waals surface area contributed by atoms with Gasteiger partial charge >= 0.3 is 0 Å². The molecule has 5 heteroatoms. The van der Waals surface area contributed by atoms with Crippen molar-refractivity contribution in [1.82, 2.24) is 9.97 Å². The van der Waals surface area contributed by atoms with E-state index < -0.39 is 0 Å². The van der Waals surface area contributed by atoms with Crippen LogP contribution in [0.1, 0.15) is 5.56 Å². The monoisotopic (exact) mass is 237 g/mol. The normalized spacial score (nSPS) is 10.2. The van der Waals surface area contributed by atoms with Crippen LogP contribution in [0.4, 0.5) is 15.9 Å². The molecule has 0 aliphatic carbocycles. The maximum Gasteiger partial charge on any atom is 0.224 e. The van der Waals surface area contributed by atoms with Gasteiger partial charge in [0.25, 0.3) is 0 Å². The number of anilines is 2. The van der Waals surface area contributed by atoms with Gasteiger partial charge in [-0.2, -0.15) is 0 Å². The first-order valence-corrected chi connectivity index (χ1v) is 5.05. The first-order valence-electron chi connectivity index (χ1n) is 4.67. The number of nitrogens with zero attached hydrogens (tertiary/aromatic N) is 2. The third kappa shape index (κ3) is 2.28. The Labute approximate surface area is 97.3 Å². The number of hydrogen-bond donors (Lipinski definition) is 1. The van der Waals surface area contributed by atoms with Gasteiger partial charge in [0.05, 0.1) is 5.69 Å². The van der Waals surface area contributed by atoms with Gasteiger partial charge in [-0.15, -0.1) is 0 Å². The molecule has 0 saturated carbocycles. The summed E-state index contributed by atoms with van der Waals surface area (Å²) in [6, 6.07) is 6.48. The number of hydrogen-bond acceptors (Lipinski definition) is 3. The molecule has 1 N–H and O–H groups in total. The zero-order chi connectivity index (χ0) is 11.5. The SMILES string of the molecule is Cc1cccc(F)c1Nc1ccnc(Cl)n1. The highest BCUT2D eigenvalue weighted by Gasteiger charge is 2.06. The van der Waals surface area contributed by atoms with E-state index in [0.717, 1.165) is 5.56 Å². The summed E-state index contributed by atoms with van der Waals surface area (Å²) in [5.41, 5.74) is 1.20. The Morgan fingerprint density at radius 1 is 1.31 bits per heavy atom. The quantitative estimate of drug-likeness (QED) is 0.815. The van der Waals surface area contributed by atoms with Gasteiger partial charge in [0, 0.05) is 6.20 Å². The van der Waals surface area contributed by atoms with Crippen molar-refractivity contribution in [3.63, 3.8) is 0 Å². The van der Waals surface area contributed by atoms with Crippen molar-refractivity contribution in [2.45, 2.75) is 6.92 Å². The van der Waals surface area contributed by atoms with Crippen molar-refractivity contribution in [3.05, 3.63) is 47.1 Å². The molecule has 16 heavy (non-hydrogen) atoms. The molecule has 0 spiro atoms. The maximum atomic E-state index is 13.5. The molecule has 2 aromatic rings. The molecule has 3 nitrogen and oxygen atoms in total. The molecule has 82 valence electrons. The van der Waals surface area contributed by atoms with Crippen molar-refractivity contribution in [2.75, 3.05) is 5.32 Å². The van der Waals surface area contributed by atoms with Gasteiger partial charge in [0.1, 0.15) is 11.6 Å². The summed E-state index contributed by atoms with van der Waals surface area (Å²) < 4.78 is 13.5. The molecule has 0 saturated heterocycles. The van der Waals surface area contributed by atoms with Crippen LogP contribution in [0, 0.1) is 12.7 Å². The molecule has 0 amide bonds. The summed E-state index contributed by atoms with van der Waals surface area (Å²) in [7, 11) is 0. The highest BCUT2D eigenvalue weighted by Crippen LogP contribution is 2.22. The molecule has 1 heterocycles. The van der Waals surface area contributed by atoms with Crippen LogP contribution in [-0.4, -0.2) is 9.97 Å². The van der Waals surface area contributed by atoms with E-state index in [9.17, 15) is 4.39 Å². The third-order valence-electron chi connectivity index (χ3n) is 2.10. The Morgan fingerprint density at radius 2 is 2.12 bits per heavy atom. The van der Waals surface area contributed by atoms with Gasteiger partial charge in [-0.25, -0.2) is 14.4 Å². The molecule has 1 aromatic heterocycles. The van der Waals surface area contributed by atoms with Gasteiger partial charge in [0.15, 0.2) is 0 Å². The minimum atomic E-state index is -0.324. The van der Waals surface area contributed by atoms with Crippen molar-refractivity contribution in [2.24, 2.45) is 0 Å². The van der Waals surface area contributed by atoms with E-state index in [1.165, 1.54) is 12.3 Å². The number of benzene rings is 1. The number of rotatable bonds is 2. The van der Waals surface area contributed by atoms with E-state index in [1.54, 1.807) is 12.1 Å². The van der Waals surface area contributed by atoms with Crippen LogP contribution in [-0.2, 0) is 0 Å². The highest BCUT2D eigenvalue weighted by molar-refractivity contribution is 6.28. The fourth-order valence-corrected chi connectivity index (χ4v) is 1.47. The molecular weight excluding hydrogens is 229 g/mol. The molecule has 0 aliphatic rings. The lowest BCUT2D eigenvalue weighted by atomic mass is 10.2. The van der Waals surface area contributed by atoms with Gasteiger partial charge in [-0.3, -0.25) is 0 Å². The Morgan fingerprint density at radius 3 is 2.81 bits per heavy atom. The average molecular weight is 238 g/mol. The van der Waals surface area contributed by atoms with Crippen LogP contribution < -0.4 is 5.32 Å². The summed E-state index contributed by atoms with van der Waals surface area (Å²) in [4.78, 5) is 7.67. The van der Waals surface area contributed by atoms with Crippen molar-refractivity contribution < 1.29 is 4.39 Å². The maximum absolute atomic E-state index is 13.5. The molecule has 0 bridgehead atoms. The minimum Gasteiger partial charge on any atom is -0.337 e. The lowest BCUT2D eigenvalue weighted by Gasteiger charge is -2.09.